The SMILES string of the molecule is CC(=O)OCC(C)C1COC(c2cccc(OC(C)=O)c2C)=N1. The van der Waals surface area contributed by atoms with Crippen LogP contribution in [0, 0.1) is 12.8 Å². The molecule has 23 heavy (non-hydrogen) atoms. The highest BCUT2D eigenvalue weighted by Crippen LogP contribution is 2.26. The average Bonchev–Trinajstić information content (AvgIpc) is 2.96. The lowest BCUT2D eigenvalue weighted by atomic mass is 10.1. The molecule has 0 radical (unpaired) electrons. The summed E-state index contributed by atoms with van der Waals surface area (Å²) in [4.78, 5) is 26.6. The molecular formula is C17H21NO5. The molecular weight excluding hydrogens is 298 g/mol. The summed E-state index contributed by atoms with van der Waals surface area (Å²) < 4.78 is 15.9. The molecule has 6 nitrogen and oxygen atoms in total. The van der Waals surface area contributed by atoms with Crippen LogP contribution in [0.3, 0.4) is 0 Å². The Morgan fingerprint density at radius 2 is 2.09 bits per heavy atom. The van der Waals surface area contributed by atoms with Crippen molar-refractivity contribution >= 4 is 17.8 Å². The Morgan fingerprint density at radius 1 is 1.35 bits per heavy atom. The Labute approximate surface area is 135 Å². The van der Waals surface area contributed by atoms with Gasteiger partial charge in [-0.25, -0.2) is 4.99 Å². The van der Waals surface area contributed by atoms with E-state index in [2.05, 4.69) is 4.99 Å². The maximum atomic E-state index is 11.1. The molecule has 0 amide bonds. The fourth-order valence-electron chi connectivity index (χ4n) is 2.30. The molecule has 0 saturated carbocycles. The first kappa shape index (κ1) is 17.0. The third-order valence-electron chi connectivity index (χ3n) is 3.65. The number of benzene rings is 1. The number of nitrogens with zero attached hydrogens (tertiary/aromatic N) is 1. The van der Waals surface area contributed by atoms with Crippen LogP contribution in [0.1, 0.15) is 31.9 Å². The van der Waals surface area contributed by atoms with Gasteiger partial charge in [-0.3, -0.25) is 9.59 Å². The Hall–Kier alpha value is -2.37. The first-order chi connectivity index (χ1) is 10.9. The zero-order valence-corrected chi connectivity index (χ0v) is 13.8. The number of carbonyl (C=O) groups excluding carboxylic acids is 2. The third-order valence-corrected chi connectivity index (χ3v) is 3.65. The van der Waals surface area contributed by atoms with Crippen LogP contribution >= 0.6 is 0 Å². The Kier molecular flexibility index (Phi) is 5.36. The fraction of sp³-hybridized carbons (Fsp3) is 0.471. The van der Waals surface area contributed by atoms with Gasteiger partial charge in [-0.15, -0.1) is 0 Å². The molecule has 124 valence electrons. The van der Waals surface area contributed by atoms with E-state index < -0.39 is 0 Å². The van der Waals surface area contributed by atoms with Crippen LogP contribution in [-0.2, 0) is 19.1 Å². The van der Waals surface area contributed by atoms with Gasteiger partial charge in [-0.2, -0.15) is 0 Å². The van der Waals surface area contributed by atoms with Crippen molar-refractivity contribution in [2.45, 2.75) is 33.7 Å². The smallest absolute Gasteiger partial charge is 0.308 e. The van der Waals surface area contributed by atoms with Crippen molar-refractivity contribution < 1.29 is 23.8 Å². The van der Waals surface area contributed by atoms with E-state index in [9.17, 15) is 9.59 Å². The van der Waals surface area contributed by atoms with E-state index in [4.69, 9.17) is 14.2 Å². The molecule has 6 heteroatoms. The quantitative estimate of drug-likeness (QED) is 0.615. The fourth-order valence-corrected chi connectivity index (χ4v) is 2.30. The number of hydrogen-bond donors (Lipinski definition) is 0. The topological polar surface area (TPSA) is 74.2 Å². The van der Waals surface area contributed by atoms with Gasteiger partial charge in [0.05, 0.1) is 12.6 Å². The summed E-state index contributed by atoms with van der Waals surface area (Å²) in [6.45, 7) is 7.32. The molecule has 2 atom stereocenters. The van der Waals surface area contributed by atoms with Crippen molar-refractivity contribution in [2.75, 3.05) is 13.2 Å². The lowest BCUT2D eigenvalue weighted by molar-refractivity contribution is -0.142. The number of rotatable bonds is 5. The Bertz CT molecular complexity index is 638. The molecule has 1 aromatic carbocycles. The maximum Gasteiger partial charge on any atom is 0.308 e. The van der Waals surface area contributed by atoms with Gasteiger partial charge >= 0.3 is 11.9 Å². The second kappa shape index (κ2) is 7.26. The van der Waals surface area contributed by atoms with Crippen molar-refractivity contribution in [2.24, 2.45) is 10.9 Å². The van der Waals surface area contributed by atoms with Gasteiger partial charge in [0.15, 0.2) is 0 Å². The minimum Gasteiger partial charge on any atom is -0.475 e. The molecule has 2 rings (SSSR count). The van der Waals surface area contributed by atoms with Gasteiger partial charge in [-0.1, -0.05) is 13.0 Å². The second-order valence-corrected chi connectivity index (χ2v) is 5.61. The van der Waals surface area contributed by atoms with Crippen molar-refractivity contribution in [1.29, 1.82) is 0 Å². The molecule has 0 aromatic heterocycles. The number of aliphatic imine (C=N–C) groups is 1. The molecule has 0 aliphatic carbocycles. The predicted molar refractivity (Wildman–Crippen MR) is 84.6 cm³/mol. The van der Waals surface area contributed by atoms with Crippen LogP contribution in [0.2, 0.25) is 0 Å². The number of ether oxygens (including phenoxy) is 3. The molecule has 0 saturated heterocycles. The average molecular weight is 319 g/mol. The van der Waals surface area contributed by atoms with Crippen molar-refractivity contribution in [3.63, 3.8) is 0 Å². The van der Waals surface area contributed by atoms with E-state index in [-0.39, 0.29) is 23.9 Å². The predicted octanol–water partition coefficient (Wildman–Crippen LogP) is 2.26. The van der Waals surface area contributed by atoms with E-state index in [1.54, 1.807) is 12.1 Å². The molecule has 0 bridgehead atoms. The highest BCUT2D eigenvalue weighted by Gasteiger charge is 2.27. The van der Waals surface area contributed by atoms with Crippen LogP contribution in [0.4, 0.5) is 0 Å². The van der Waals surface area contributed by atoms with E-state index >= 15 is 0 Å². The van der Waals surface area contributed by atoms with Gasteiger partial charge in [-0.05, 0) is 19.1 Å². The molecule has 1 aromatic rings. The summed E-state index contributed by atoms with van der Waals surface area (Å²) in [6, 6.07) is 5.33. The molecule has 1 heterocycles. The molecule has 0 spiro atoms. The van der Waals surface area contributed by atoms with Crippen LogP contribution < -0.4 is 4.74 Å². The van der Waals surface area contributed by atoms with Crippen LogP contribution in [0.15, 0.2) is 23.2 Å². The zero-order valence-electron chi connectivity index (χ0n) is 13.8. The summed E-state index contributed by atoms with van der Waals surface area (Å²) in [5.41, 5.74) is 1.60. The summed E-state index contributed by atoms with van der Waals surface area (Å²) in [7, 11) is 0. The third kappa shape index (κ3) is 4.31. The van der Waals surface area contributed by atoms with Gasteiger partial charge in [0, 0.05) is 30.9 Å². The van der Waals surface area contributed by atoms with Gasteiger partial charge < -0.3 is 14.2 Å². The van der Waals surface area contributed by atoms with E-state index in [1.165, 1.54) is 13.8 Å². The Morgan fingerprint density at radius 3 is 2.74 bits per heavy atom. The van der Waals surface area contributed by atoms with Crippen molar-refractivity contribution in [3.8, 4) is 5.75 Å². The van der Waals surface area contributed by atoms with E-state index in [1.807, 2.05) is 19.9 Å². The van der Waals surface area contributed by atoms with Crippen molar-refractivity contribution in [1.82, 2.24) is 0 Å². The number of carbonyl (C=O) groups is 2. The summed E-state index contributed by atoms with van der Waals surface area (Å²) in [5.74, 6) is 0.416. The van der Waals surface area contributed by atoms with Gasteiger partial charge in [0.1, 0.15) is 12.4 Å². The van der Waals surface area contributed by atoms with E-state index in [0.717, 1.165) is 11.1 Å². The first-order valence-corrected chi connectivity index (χ1v) is 7.51. The summed E-state index contributed by atoms with van der Waals surface area (Å²) in [5, 5.41) is 0. The number of hydrogen-bond acceptors (Lipinski definition) is 6. The molecule has 1 aliphatic rings. The van der Waals surface area contributed by atoms with Gasteiger partial charge in [0.2, 0.25) is 5.90 Å². The zero-order chi connectivity index (χ0) is 17.0. The Balaban J connectivity index is 2.15. The molecule has 2 unspecified atom stereocenters. The monoisotopic (exact) mass is 319 g/mol. The normalized spacial score (nSPS) is 17.9. The van der Waals surface area contributed by atoms with Crippen molar-refractivity contribution in [3.05, 3.63) is 29.3 Å². The van der Waals surface area contributed by atoms with Crippen LogP contribution in [0.5, 0.6) is 5.75 Å². The summed E-state index contributed by atoms with van der Waals surface area (Å²) in [6.07, 6.45) is 0. The highest BCUT2D eigenvalue weighted by atomic mass is 16.5. The van der Waals surface area contributed by atoms with Crippen LogP contribution in [0.25, 0.3) is 0 Å². The second-order valence-electron chi connectivity index (χ2n) is 5.61. The largest absolute Gasteiger partial charge is 0.475 e. The lowest BCUT2D eigenvalue weighted by Gasteiger charge is -2.14. The lowest BCUT2D eigenvalue weighted by Crippen LogP contribution is -2.23. The number of esters is 2. The van der Waals surface area contributed by atoms with E-state index in [0.29, 0.717) is 24.9 Å². The maximum absolute atomic E-state index is 11.1. The van der Waals surface area contributed by atoms with Gasteiger partial charge in [0.25, 0.3) is 0 Å². The molecule has 1 aliphatic heterocycles. The molecule has 0 N–H and O–H groups in total. The first-order valence-electron chi connectivity index (χ1n) is 7.51. The minimum absolute atomic E-state index is 0.0633. The van der Waals surface area contributed by atoms with Crippen LogP contribution in [-0.4, -0.2) is 37.1 Å². The minimum atomic E-state index is -0.368. The highest BCUT2D eigenvalue weighted by molar-refractivity contribution is 5.97. The summed E-state index contributed by atoms with van der Waals surface area (Å²) >= 11 is 0. The molecule has 0 fully saturated rings. The standard InChI is InChI=1S/C17H21NO5/c1-10(8-21-12(3)19)15-9-22-17(18-15)14-6-5-7-16(11(14)2)23-13(4)20/h5-7,10,15H,8-9H2,1-4H3.